The fourth-order valence-electron chi connectivity index (χ4n) is 3.62. The third-order valence-corrected chi connectivity index (χ3v) is 5.02. The van der Waals surface area contributed by atoms with Crippen LogP contribution in [0.2, 0.25) is 0 Å². The van der Waals surface area contributed by atoms with Crippen molar-refractivity contribution in [1.82, 2.24) is 4.90 Å². The van der Waals surface area contributed by atoms with Gasteiger partial charge in [0.05, 0.1) is 0 Å². The quantitative estimate of drug-likeness (QED) is 0.814. The maximum Gasteiger partial charge on any atom is 0.348 e. The van der Waals surface area contributed by atoms with Crippen molar-refractivity contribution in [3.63, 3.8) is 0 Å². The van der Waals surface area contributed by atoms with Crippen molar-refractivity contribution in [3.05, 3.63) is 71.8 Å². The van der Waals surface area contributed by atoms with Gasteiger partial charge in [-0.15, -0.1) is 12.4 Å². The lowest BCUT2D eigenvalue weighted by molar-refractivity contribution is -0.169. The topological polar surface area (TPSA) is 49.8 Å². The highest BCUT2D eigenvalue weighted by atomic mass is 35.5. The zero-order valence-electron chi connectivity index (χ0n) is 15.2. The summed E-state index contributed by atoms with van der Waals surface area (Å²) < 4.78 is 5.83. The Morgan fingerprint density at radius 2 is 1.50 bits per heavy atom. The predicted octanol–water partition coefficient (Wildman–Crippen LogP) is 3.37. The summed E-state index contributed by atoms with van der Waals surface area (Å²) in [5.41, 5.74) is -0.765. The van der Waals surface area contributed by atoms with Gasteiger partial charge < -0.3 is 14.7 Å². The molecule has 2 atom stereocenters. The smallest absolute Gasteiger partial charge is 0.348 e. The van der Waals surface area contributed by atoms with Gasteiger partial charge in [-0.1, -0.05) is 60.7 Å². The highest BCUT2D eigenvalue weighted by molar-refractivity contribution is 5.86. The van der Waals surface area contributed by atoms with E-state index in [4.69, 9.17) is 4.74 Å². The number of benzene rings is 2. The van der Waals surface area contributed by atoms with Gasteiger partial charge >= 0.3 is 5.97 Å². The standard InChI is InChI=1S/C21H25NO3.ClH/c1-22(2)18-14-9-15-19(18)25-20(23)21(24,16-10-5-3-6-11-16)17-12-7-4-8-13-17;/h3-8,10-13,18-19,24H,9,14-15H2,1-2H3;1H. The largest absolute Gasteiger partial charge is 0.458 e. The summed E-state index contributed by atoms with van der Waals surface area (Å²) in [4.78, 5) is 15.2. The first kappa shape index (κ1) is 20.4. The maximum absolute atomic E-state index is 13.1. The first-order valence-corrected chi connectivity index (χ1v) is 8.74. The number of carbonyl (C=O) groups is 1. The third-order valence-electron chi connectivity index (χ3n) is 5.02. The molecule has 1 fully saturated rings. The average Bonchev–Trinajstić information content (AvgIpc) is 3.11. The van der Waals surface area contributed by atoms with Crippen LogP contribution in [-0.4, -0.2) is 42.2 Å². The van der Waals surface area contributed by atoms with Crippen molar-refractivity contribution in [2.24, 2.45) is 0 Å². The monoisotopic (exact) mass is 375 g/mol. The van der Waals surface area contributed by atoms with Crippen molar-refractivity contribution < 1.29 is 14.6 Å². The summed E-state index contributed by atoms with van der Waals surface area (Å²) in [6.45, 7) is 0. The summed E-state index contributed by atoms with van der Waals surface area (Å²) >= 11 is 0. The molecule has 3 rings (SSSR count). The number of ether oxygens (including phenoxy) is 1. The van der Waals surface area contributed by atoms with E-state index in [1.54, 1.807) is 24.3 Å². The molecule has 1 aliphatic rings. The number of likely N-dealkylation sites (N-methyl/N-ethyl adjacent to an activating group) is 1. The minimum atomic E-state index is -1.80. The fraction of sp³-hybridized carbons (Fsp3) is 0.381. The second-order valence-electron chi connectivity index (χ2n) is 6.85. The first-order chi connectivity index (χ1) is 12.0. The minimum absolute atomic E-state index is 0. The Balaban J connectivity index is 0.00000243. The Morgan fingerprint density at radius 1 is 1.00 bits per heavy atom. The SMILES string of the molecule is CN(C)C1CCCC1OC(=O)C(O)(c1ccccc1)c1ccccc1.Cl. The Bertz CT molecular complexity index is 666. The molecule has 0 bridgehead atoms. The molecule has 0 radical (unpaired) electrons. The van der Waals surface area contributed by atoms with Gasteiger partial charge in [-0.25, -0.2) is 4.79 Å². The molecule has 2 unspecified atom stereocenters. The summed E-state index contributed by atoms with van der Waals surface area (Å²) in [7, 11) is 3.99. The van der Waals surface area contributed by atoms with Gasteiger partial charge in [0.25, 0.3) is 0 Å². The molecule has 0 amide bonds. The van der Waals surface area contributed by atoms with E-state index in [9.17, 15) is 9.90 Å². The van der Waals surface area contributed by atoms with Crippen LogP contribution in [0.1, 0.15) is 30.4 Å². The van der Waals surface area contributed by atoms with E-state index >= 15 is 0 Å². The van der Waals surface area contributed by atoms with E-state index in [-0.39, 0.29) is 24.6 Å². The lowest BCUT2D eigenvalue weighted by atomic mass is 9.86. The number of hydrogen-bond donors (Lipinski definition) is 1. The van der Waals surface area contributed by atoms with Crippen LogP contribution < -0.4 is 0 Å². The molecule has 0 spiro atoms. The van der Waals surface area contributed by atoms with E-state index in [1.807, 2.05) is 50.5 Å². The highest BCUT2D eigenvalue weighted by Gasteiger charge is 2.44. The van der Waals surface area contributed by atoms with Crippen LogP contribution in [0.5, 0.6) is 0 Å². The zero-order valence-corrected chi connectivity index (χ0v) is 16.0. The number of halogens is 1. The maximum atomic E-state index is 13.1. The number of aliphatic hydroxyl groups is 1. The van der Waals surface area contributed by atoms with Crippen LogP contribution in [0.25, 0.3) is 0 Å². The minimum Gasteiger partial charge on any atom is -0.458 e. The van der Waals surface area contributed by atoms with Crippen molar-refractivity contribution >= 4 is 18.4 Å². The Labute approximate surface area is 161 Å². The Kier molecular flexibility index (Phi) is 6.81. The van der Waals surface area contributed by atoms with E-state index in [0.29, 0.717) is 11.1 Å². The lowest BCUT2D eigenvalue weighted by Gasteiger charge is -2.31. The molecule has 0 aromatic heterocycles. The molecular weight excluding hydrogens is 350 g/mol. The molecule has 2 aromatic rings. The highest BCUT2D eigenvalue weighted by Crippen LogP contribution is 2.34. The summed E-state index contributed by atoms with van der Waals surface area (Å²) in [5.74, 6) is -0.608. The fourth-order valence-corrected chi connectivity index (χ4v) is 3.62. The molecule has 1 saturated carbocycles. The molecule has 5 heteroatoms. The molecule has 0 saturated heterocycles. The number of nitrogens with zero attached hydrogens (tertiary/aromatic N) is 1. The van der Waals surface area contributed by atoms with E-state index in [1.165, 1.54) is 0 Å². The van der Waals surface area contributed by atoms with Gasteiger partial charge in [0.1, 0.15) is 6.10 Å². The predicted molar refractivity (Wildman–Crippen MR) is 104 cm³/mol. The molecule has 0 heterocycles. The van der Waals surface area contributed by atoms with Crippen LogP contribution in [-0.2, 0) is 15.1 Å². The molecular formula is C21H26ClNO3. The van der Waals surface area contributed by atoms with Gasteiger partial charge in [-0.2, -0.15) is 0 Å². The van der Waals surface area contributed by atoms with Crippen LogP contribution >= 0.6 is 12.4 Å². The van der Waals surface area contributed by atoms with Crippen molar-refractivity contribution in [3.8, 4) is 0 Å². The van der Waals surface area contributed by atoms with Gasteiger partial charge in [-0.3, -0.25) is 0 Å². The molecule has 26 heavy (non-hydrogen) atoms. The molecule has 1 aliphatic carbocycles. The Hall–Kier alpha value is -1.88. The van der Waals surface area contributed by atoms with Gasteiger partial charge in [-0.05, 0) is 44.5 Å². The van der Waals surface area contributed by atoms with Crippen molar-refractivity contribution in [2.75, 3.05) is 14.1 Å². The summed E-state index contributed by atoms with van der Waals surface area (Å²) in [6.07, 6.45) is 2.66. The van der Waals surface area contributed by atoms with Crippen LogP contribution in [0, 0.1) is 0 Å². The normalized spacial score (nSPS) is 19.8. The molecule has 0 aliphatic heterocycles. The zero-order chi connectivity index (χ0) is 17.9. The van der Waals surface area contributed by atoms with Crippen LogP contribution in [0.15, 0.2) is 60.7 Å². The van der Waals surface area contributed by atoms with Gasteiger partial charge in [0.2, 0.25) is 5.60 Å². The lowest BCUT2D eigenvalue weighted by Crippen LogP contribution is -2.44. The van der Waals surface area contributed by atoms with Gasteiger partial charge in [0.15, 0.2) is 0 Å². The first-order valence-electron chi connectivity index (χ1n) is 8.74. The van der Waals surface area contributed by atoms with E-state index in [2.05, 4.69) is 4.90 Å². The summed E-state index contributed by atoms with van der Waals surface area (Å²) in [6, 6.07) is 18.2. The third kappa shape index (κ3) is 3.93. The molecule has 1 N–H and O–H groups in total. The van der Waals surface area contributed by atoms with E-state index in [0.717, 1.165) is 19.3 Å². The second-order valence-corrected chi connectivity index (χ2v) is 6.85. The van der Waals surface area contributed by atoms with Crippen molar-refractivity contribution in [1.29, 1.82) is 0 Å². The number of hydrogen-bond acceptors (Lipinski definition) is 4. The molecule has 2 aromatic carbocycles. The second kappa shape index (κ2) is 8.67. The number of esters is 1. The number of rotatable bonds is 5. The Morgan fingerprint density at radius 3 is 1.96 bits per heavy atom. The van der Waals surface area contributed by atoms with Gasteiger partial charge in [0, 0.05) is 6.04 Å². The van der Waals surface area contributed by atoms with E-state index < -0.39 is 11.6 Å². The number of carbonyl (C=O) groups excluding carboxylic acids is 1. The summed E-state index contributed by atoms with van der Waals surface area (Å²) in [5, 5.41) is 11.4. The average molecular weight is 376 g/mol. The van der Waals surface area contributed by atoms with Crippen LogP contribution in [0.3, 0.4) is 0 Å². The molecule has 140 valence electrons. The van der Waals surface area contributed by atoms with Crippen molar-refractivity contribution in [2.45, 2.75) is 37.0 Å². The van der Waals surface area contributed by atoms with Crippen LogP contribution in [0.4, 0.5) is 0 Å². The molecule has 4 nitrogen and oxygen atoms in total.